The number of fused-ring (bicyclic) bond motifs is 6. The predicted molar refractivity (Wildman–Crippen MR) is 175 cm³/mol. The number of furan rings is 1. The average molecular weight is 576 g/mol. The molecule has 3 heteroatoms. The molecule has 0 saturated heterocycles. The molecule has 2 aromatic rings. The number of hydrogen-bond donors (Lipinski definition) is 0. The van der Waals surface area contributed by atoms with Crippen molar-refractivity contribution in [2.24, 2.45) is 5.92 Å². The second kappa shape index (κ2) is 10.4. The molecule has 0 bridgehead atoms. The highest BCUT2D eigenvalue weighted by Crippen LogP contribution is 2.47. The predicted octanol–water partition coefficient (Wildman–Crippen LogP) is 6.64. The molecule has 0 spiro atoms. The third-order valence-electron chi connectivity index (χ3n) is 11.0. The molecule has 6 aliphatic carbocycles. The molecule has 1 aliphatic heterocycles. The SMILES string of the molecule is N#CC1=CC=C(C2=CC=C(C3=c4ccccc4=C(C4=c5oc6c(c5=CC5C7=C(CCCC7)OC45)CCC=C6)CC3)CC2)CC1. The zero-order chi connectivity index (χ0) is 29.2. The standard InChI is InChI=1S/C41H37NO2/c42-24-25-13-15-26(16-14-25)27-17-19-28(20-18-27)29-21-22-34(31-8-2-1-7-30(29)31)39-40-35(32-9-3-5-11-37(32)43-40)23-36-33-10-4-6-12-38(33)44-41(36)39/h1-2,5,7-8,11,13,15,17,19,23,36,41H,3-4,6,9-10,12,14,16,18,20-22H2. The van der Waals surface area contributed by atoms with E-state index in [1.54, 1.807) is 5.57 Å². The number of allylic oxidation sites excluding steroid dienone is 10. The third-order valence-corrected chi connectivity index (χ3v) is 11.0. The minimum Gasteiger partial charge on any atom is -0.489 e. The Hall–Kier alpha value is -4.29. The van der Waals surface area contributed by atoms with E-state index in [-0.39, 0.29) is 6.10 Å². The zero-order valence-corrected chi connectivity index (χ0v) is 25.3. The van der Waals surface area contributed by atoms with Crippen LogP contribution >= 0.6 is 0 Å². The van der Waals surface area contributed by atoms with Crippen LogP contribution in [0.3, 0.4) is 0 Å². The highest BCUT2D eigenvalue weighted by Gasteiger charge is 2.43. The van der Waals surface area contributed by atoms with Gasteiger partial charge in [0.05, 0.1) is 11.8 Å². The molecule has 2 heterocycles. The fourth-order valence-electron chi connectivity index (χ4n) is 8.82. The Balaban J connectivity index is 1.21. The van der Waals surface area contributed by atoms with Crippen molar-refractivity contribution in [1.29, 1.82) is 5.26 Å². The van der Waals surface area contributed by atoms with Gasteiger partial charge < -0.3 is 9.15 Å². The first kappa shape index (κ1) is 26.1. The Labute approximate surface area is 258 Å². The maximum Gasteiger partial charge on any atom is 0.142 e. The van der Waals surface area contributed by atoms with Gasteiger partial charge in [-0.15, -0.1) is 0 Å². The summed E-state index contributed by atoms with van der Waals surface area (Å²) in [5, 5.41) is 13.3. The van der Waals surface area contributed by atoms with Crippen LogP contribution in [0.5, 0.6) is 0 Å². The summed E-state index contributed by atoms with van der Waals surface area (Å²) in [6.07, 6.45) is 28.7. The van der Waals surface area contributed by atoms with Gasteiger partial charge in [0, 0.05) is 34.3 Å². The minimum atomic E-state index is 0.0190. The Bertz CT molecular complexity index is 2110. The van der Waals surface area contributed by atoms with Gasteiger partial charge in [-0.3, -0.25) is 0 Å². The number of hydrogen-bond acceptors (Lipinski definition) is 3. The second-order valence-corrected chi connectivity index (χ2v) is 13.3. The van der Waals surface area contributed by atoms with E-state index in [1.165, 1.54) is 73.3 Å². The molecule has 44 heavy (non-hydrogen) atoms. The highest BCUT2D eigenvalue weighted by atomic mass is 16.5. The van der Waals surface area contributed by atoms with Crippen LogP contribution in [-0.2, 0) is 11.2 Å². The molecule has 0 fully saturated rings. The van der Waals surface area contributed by atoms with E-state index in [0.717, 1.165) is 81.0 Å². The van der Waals surface area contributed by atoms with E-state index >= 15 is 0 Å². The van der Waals surface area contributed by atoms with Gasteiger partial charge in [-0.1, -0.05) is 54.6 Å². The summed E-state index contributed by atoms with van der Waals surface area (Å²) in [5.74, 6) is 2.63. The van der Waals surface area contributed by atoms with Crippen molar-refractivity contribution in [1.82, 2.24) is 0 Å². The number of nitriles is 1. The molecule has 0 N–H and O–H groups in total. The van der Waals surface area contributed by atoms with Crippen LogP contribution in [0.25, 0.3) is 28.9 Å². The van der Waals surface area contributed by atoms with Gasteiger partial charge in [0.25, 0.3) is 0 Å². The molecule has 2 unspecified atom stereocenters. The van der Waals surface area contributed by atoms with Crippen molar-refractivity contribution in [3.8, 4) is 6.07 Å². The van der Waals surface area contributed by atoms with E-state index in [2.05, 4.69) is 66.8 Å². The minimum absolute atomic E-state index is 0.0190. The van der Waals surface area contributed by atoms with Gasteiger partial charge in [0.2, 0.25) is 0 Å². The summed E-state index contributed by atoms with van der Waals surface area (Å²) in [7, 11) is 0. The Kier molecular flexibility index (Phi) is 6.19. The van der Waals surface area contributed by atoms with Gasteiger partial charge in [-0.2, -0.15) is 5.26 Å². The number of nitrogens with zero attached hydrogens (tertiary/aromatic N) is 1. The molecule has 0 saturated carbocycles. The van der Waals surface area contributed by atoms with Gasteiger partial charge >= 0.3 is 0 Å². The van der Waals surface area contributed by atoms with E-state index in [0.29, 0.717) is 5.92 Å². The molecule has 0 amide bonds. The van der Waals surface area contributed by atoms with Gasteiger partial charge in [-0.05, 0) is 127 Å². The maximum atomic E-state index is 9.23. The van der Waals surface area contributed by atoms with Crippen molar-refractivity contribution < 1.29 is 9.15 Å². The lowest BCUT2D eigenvalue weighted by atomic mass is 9.76. The molecule has 2 atom stereocenters. The number of rotatable bonds is 3. The largest absolute Gasteiger partial charge is 0.489 e. The second-order valence-electron chi connectivity index (χ2n) is 13.3. The first-order valence-corrected chi connectivity index (χ1v) is 16.7. The third kappa shape index (κ3) is 4.07. The van der Waals surface area contributed by atoms with Gasteiger partial charge in [0.1, 0.15) is 17.3 Å². The maximum absolute atomic E-state index is 9.23. The van der Waals surface area contributed by atoms with Crippen LogP contribution in [0.15, 0.2) is 92.7 Å². The van der Waals surface area contributed by atoms with Crippen LogP contribution in [0.2, 0.25) is 0 Å². The normalized spacial score (nSPS) is 25.2. The summed E-state index contributed by atoms with van der Waals surface area (Å²) >= 11 is 0. The van der Waals surface area contributed by atoms with Crippen molar-refractivity contribution >= 4 is 28.9 Å². The fourth-order valence-corrected chi connectivity index (χ4v) is 8.82. The molecule has 9 rings (SSSR count). The van der Waals surface area contributed by atoms with E-state index < -0.39 is 0 Å². The van der Waals surface area contributed by atoms with Crippen LogP contribution in [0.4, 0.5) is 0 Å². The quantitative estimate of drug-likeness (QED) is 0.412. The summed E-state index contributed by atoms with van der Waals surface area (Å²) in [4.78, 5) is 0. The van der Waals surface area contributed by atoms with Gasteiger partial charge in [-0.25, -0.2) is 0 Å². The lowest BCUT2D eigenvalue weighted by Crippen LogP contribution is -2.42. The van der Waals surface area contributed by atoms with Gasteiger partial charge in [0.15, 0.2) is 0 Å². The molecule has 218 valence electrons. The highest BCUT2D eigenvalue weighted by molar-refractivity contribution is 5.94. The Morgan fingerprint density at radius 3 is 2.30 bits per heavy atom. The van der Waals surface area contributed by atoms with Crippen molar-refractivity contribution in [2.45, 2.75) is 83.2 Å². The van der Waals surface area contributed by atoms with Crippen LogP contribution < -0.4 is 21.1 Å². The van der Waals surface area contributed by atoms with Crippen LogP contribution in [-0.4, -0.2) is 6.10 Å². The lowest BCUT2D eigenvalue weighted by Gasteiger charge is -2.28. The number of ether oxygens (including phenoxy) is 1. The summed E-state index contributed by atoms with van der Waals surface area (Å²) in [6, 6.07) is 11.4. The van der Waals surface area contributed by atoms with Crippen LogP contribution in [0, 0.1) is 17.2 Å². The van der Waals surface area contributed by atoms with Crippen molar-refractivity contribution in [3.05, 3.63) is 121 Å². The van der Waals surface area contributed by atoms with E-state index in [1.807, 2.05) is 6.08 Å². The van der Waals surface area contributed by atoms with Crippen molar-refractivity contribution in [3.63, 3.8) is 0 Å². The molecule has 3 nitrogen and oxygen atoms in total. The Morgan fingerprint density at radius 1 is 0.750 bits per heavy atom. The topological polar surface area (TPSA) is 46.2 Å². The summed E-state index contributed by atoms with van der Waals surface area (Å²) < 4.78 is 13.7. The lowest BCUT2D eigenvalue weighted by molar-refractivity contribution is 0.166. The first-order valence-electron chi connectivity index (χ1n) is 16.7. The molecular weight excluding hydrogens is 538 g/mol. The van der Waals surface area contributed by atoms with Crippen LogP contribution in [0.1, 0.15) is 82.0 Å². The number of benzene rings is 1. The fraction of sp³-hybridized carbons (Fsp3) is 0.341. The zero-order valence-electron chi connectivity index (χ0n) is 25.3. The summed E-state index contributed by atoms with van der Waals surface area (Å²) in [5.41, 5.74) is 13.4. The summed E-state index contributed by atoms with van der Waals surface area (Å²) in [6.45, 7) is 0. The van der Waals surface area contributed by atoms with E-state index in [4.69, 9.17) is 9.15 Å². The smallest absolute Gasteiger partial charge is 0.142 e. The van der Waals surface area contributed by atoms with Crippen molar-refractivity contribution in [2.75, 3.05) is 0 Å². The molecule has 0 radical (unpaired) electrons. The first-order chi connectivity index (χ1) is 21.8. The average Bonchev–Trinajstić information content (AvgIpc) is 3.65. The monoisotopic (exact) mass is 575 g/mol. The molecular formula is C41H37NO2. The molecule has 1 aromatic carbocycles. The Morgan fingerprint density at radius 2 is 1.50 bits per heavy atom. The molecule has 7 aliphatic rings. The molecule has 1 aromatic heterocycles. The van der Waals surface area contributed by atoms with E-state index in [9.17, 15) is 5.26 Å².